The molecule has 0 aromatic carbocycles. The van der Waals surface area contributed by atoms with Crippen LogP contribution in [0.2, 0.25) is 0 Å². The zero-order chi connectivity index (χ0) is 15.0. The minimum absolute atomic E-state index is 0.251. The summed E-state index contributed by atoms with van der Waals surface area (Å²) in [6.07, 6.45) is 11.3. The van der Waals surface area contributed by atoms with Gasteiger partial charge in [-0.1, -0.05) is 33.6 Å². The summed E-state index contributed by atoms with van der Waals surface area (Å²) in [5.41, 5.74) is 7.53. The van der Waals surface area contributed by atoms with Crippen molar-refractivity contribution in [3.8, 4) is 0 Å². The van der Waals surface area contributed by atoms with Crippen molar-refractivity contribution in [2.24, 2.45) is 16.6 Å². The molecular weight excluding hydrogens is 244 g/mol. The summed E-state index contributed by atoms with van der Waals surface area (Å²) in [6.45, 7) is 10.2. The van der Waals surface area contributed by atoms with E-state index in [0.717, 1.165) is 6.54 Å². The van der Waals surface area contributed by atoms with E-state index in [9.17, 15) is 0 Å². The topological polar surface area (TPSA) is 29.3 Å². The number of likely N-dealkylation sites (N-methyl/N-ethyl adjacent to an activating group) is 1. The molecule has 2 fully saturated rings. The second-order valence-corrected chi connectivity index (χ2v) is 8.79. The van der Waals surface area contributed by atoms with Crippen molar-refractivity contribution < 1.29 is 0 Å². The van der Waals surface area contributed by atoms with Crippen molar-refractivity contribution in [3.63, 3.8) is 0 Å². The van der Waals surface area contributed by atoms with Gasteiger partial charge in [-0.25, -0.2) is 0 Å². The fourth-order valence-corrected chi connectivity index (χ4v) is 4.56. The van der Waals surface area contributed by atoms with Gasteiger partial charge in [-0.3, -0.25) is 4.90 Å². The fourth-order valence-electron chi connectivity index (χ4n) is 4.56. The number of rotatable bonds is 3. The Morgan fingerprint density at radius 1 is 1.00 bits per heavy atom. The molecule has 2 heteroatoms. The Morgan fingerprint density at radius 3 is 1.90 bits per heavy atom. The van der Waals surface area contributed by atoms with Crippen LogP contribution in [0, 0.1) is 10.8 Å². The lowest BCUT2D eigenvalue weighted by Gasteiger charge is -2.53. The zero-order valence-electron chi connectivity index (χ0n) is 14.5. The highest BCUT2D eigenvalue weighted by atomic mass is 15.2. The fraction of sp³-hybridized carbons (Fsp3) is 1.00. The molecule has 2 saturated carbocycles. The average molecular weight is 280 g/mol. The van der Waals surface area contributed by atoms with Crippen LogP contribution < -0.4 is 5.73 Å². The molecule has 0 saturated heterocycles. The number of hydrogen-bond donors (Lipinski definition) is 1. The first kappa shape index (κ1) is 16.3. The normalized spacial score (nSPS) is 27.1. The van der Waals surface area contributed by atoms with E-state index in [4.69, 9.17) is 5.73 Å². The highest BCUT2D eigenvalue weighted by Gasteiger charge is 2.47. The van der Waals surface area contributed by atoms with E-state index in [-0.39, 0.29) is 5.54 Å². The monoisotopic (exact) mass is 280 g/mol. The van der Waals surface area contributed by atoms with Crippen LogP contribution in [0.25, 0.3) is 0 Å². The molecular formula is C18H36N2. The molecule has 0 aromatic heterocycles. The van der Waals surface area contributed by atoms with Gasteiger partial charge >= 0.3 is 0 Å². The van der Waals surface area contributed by atoms with Gasteiger partial charge in [-0.05, 0) is 63.3 Å². The second kappa shape index (κ2) is 5.61. The minimum Gasteiger partial charge on any atom is -0.329 e. The second-order valence-electron chi connectivity index (χ2n) is 8.79. The average Bonchev–Trinajstić information content (AvgIpc) is 2.86. The molecule has 2 rings (SSSR count). The van der Waals surface area contributed by atoms with Gasteiger partial charge in [0.05, 0.1) is 0 Å². The largest absolute Gasteiger partial charge is 0.329 e. The standard InChI is InChI=1S/C18H36N2/c1-15(16(2,3)4)20(5)18(14-19)12-10-17(11-13-18)8-6-7-9-17/h15H,6-14,19H2,1-5H3. The first-order chi connectivity index (χ1) is 9.25. The summed E-state index contributed by atoms with van der Waals surface area (Å²) in [6, 6.07) is 0.573. The van der Waals surface area contributed by atoms with Gasteiger partial charge in [-0.15, -0.1) is 0 Å². The molecule has 0 aromatic rings. The van der Waals surface area contributed by atoms with Gasteiger partial charge in [0.25, 0.3) is 0 Å². The Labute approximate surface area is 126 Å². The third-order valence-corrected chi connectivity index (χ3v) is 6.87. The van der Waals surface area contributed by atoms with Crippen LogP contribution in [-0.4, -0.2) is 30.1 Å². The van der Waals surface area contributed by atoms with E-state index in [0.29, 0.717) is 16.9 Å². The molecule has 20 heavy (non-hydrogen) atoms. The molecule has 1 unspecified atom stereocenters. The van der Waals surface area contributed by atoms with Crippen LogP contribution in [0.4, 0.5) is 0 Å². The van der Waals surface area contributed by atoms with Crippen molar-refractivity contribution in [1.29, 1.82) is 0 Å². The third-order valence-electron chi connectivity index (χ3n) is 6.87. The van der Waals surface area contributed by atoms with Crippen LogP contribution in [0.15, 0.2) is 0 Å². The van der Waals surface area contributed by atoms with E-state index in [1.165, 1.54) is 51.4 Å². The molecule has 2 nitrogen and oxygen atoms in total. The van der Waals surface area contributed by atoms with Gasteiger partial charge < -0.3 is 5.73 Å². The van der Waals surface area contributed by atoms with Crippen molar-refractivity contribution in [2.75, 3.05) is 13.6 Å². The zero-order valence-corrected chi connectivity index (χ0v) is 14.5. The predicted octanol–water partition coefficient (Wildman–Crippen LogP) is 4.18. The number of nitrogens with two attached hydrogens (primary N) is 1. The predicted molar refractivity (Wildman–Crippen MR) is 87.8 cm³/mol. The summed E-state index contributed by atoms with van der Waals surface area (Å²) in [4.78, 5) is 2.62. The first-order valence-electron chi connectivity index (χ1n) is 8.68. The number of nitrogens with zero attached hydrogens (tertiary/aromatic N) is 1. The van der Waals surface area contributed by atoms with Crippen molar-refractivity contribution in [1.82, 2.24) is 4.90 Å². The van der Waals surface area contributed by atoms with Crippen LogP contribution in [0.3, 0.4) is 0 Å². The lowest BCUT2D eigenvalue weighted by molar-refractivity contribution is -0.0197. The van der Waals surface area contributed by atoms with Gasteiger partial charge in [-0.2, -0.15) is 0 Å². The van der Waals surface area contributed by atoms with Gasteiger partial charge in [0, 0.05) is 18.1 Å². The summed E-state index contributed by atoms with van der Waals surface area (Å²) in [5.74, 6) is 0. The molecule has 1 spiro atoms. The van der Waals surface area contributed by atoms with Crippen LogP contribution in [0.5, 0.6) is 0 Å². The number of hydrogen-bond acceptors (Lipinski definition) is 2. The van der Waals surface area contributed by atoms with Gasteiger partial charge in [0.15, 0.2) is 0 Å². The Kier molecular flexibility index (Phi) is 4.57. The molecule has 118 valence electrons. The summed E-state index contributed by atoms with van der Waals surface area (Å²) >= 11 is 0. The maximum Gasteiger partial charge on any atom is 0.0332 e. The first-order valence-corrected chi connectivity index (χ1v) is 8.68. The molecule has 2 N–H and O–H groups in total. The van der Waals surface area contributed by atoms with Crippen molar-refractivity contribution in [2.45, 2.75) is 90.6 Å². The molecule has 0 aliphatic heterocycles. The highest BCUT2D eigenvalue weighted by molar-refractivity contribution is 5.02. The highest BCUT2D eigenvalue weighted by Crippen LogP contribution is 2.52. The van der Waals surface area contributed by atoms with E-state index < -0.39 is 0 Å². The van der Waals surface area contributed by atoms with Crippen LogP contribution >= 0.6 is 0 Å². The SMILES string of the molecule is CC(N(C)C1(CN)CCC2(CCCC2)CC1)C(C)(C)C. The summed E-state index contributed by atoms with van der Waals surface area (Å²) < 4.78 is 0. The molecule has 1 atom stereocenters. The van der Waals surface area contributed by atoms with Crippen molar-refractivity contribution in [3.05, 3.63) is 0 Å². The molecule has 0 amide bonds. The van der Waals surface area contributed by atoms with Gasteiger partial charge in [0.1, 0.15) is 0 Å². The van der Waals surface area contributed by atoms with Crippen molar-refractivity contribution >= 4 is 0 Å². The quantitative estimate of drug-likeness (QED) is 0.840. The van der Waals surface area contributed by atoms with Crippen LogP contribution in [0.1, 0.15) is 79.1 Å². The minimum atomic E-state index is 0.251. The van der Waals surface area contributed by atoms with E-state index in [2.05, 4.69) is 39.6 Å². The van der Waals surface area contributed by atoms with Gasteiger partial charge in [0.2, 0.25) is 0 Å². The Bertz CT molecular complexity index is 313. The molecule has 0 heterocycles. The summed E-state index contributed by atoms with van der Waals surface area (Å²) in [7, 11) is 2.31. The molecule has 0 radical (unpaired) electrons. The smallest absolute Gasteiger partial charge is 0.0332 e. The lowest BCUT2D eigenvalue weighted by atomic mass is 9.65. The molecule has 2 aliphatic carbocycles. The maximum absolute atomic E-state index is 6.27. The Balaban J connectivity index is 2.08. The Hall–Kier alpha value is -0.0800. The molecule has 2 aliphatic rings. The third kappa shape index (κ3) is 2.92. The lowest BCUT2D eigenvalue weighted by Crippen LogP contribution is -2.60. The molecule has 0 bridgehead atoms. The van der Waals surface area contributed by atoms with E-state index in [1.807, 2.05) is 0 Å². The van der Waals surface area contributed by atoms with Crippen LogP contribution in [-0.2, 0) is 0 Å². The van der Waals surface area contributed by atoms with E-state index in [1.54, 1.807) is 0 Å². The Morgan fingerprint density at radius 2 is 1.50 bits per heavy atom. The maximum atomic E-state index is 6.27. The van der Waals surface area contributed by atoms with E-state index >= 15 is 0 Å². The summed E-state index contributed by atoms with van der Waals surface area (Å²) in [5, 5.41) is 0.